The minimum absolute atomic E-state index is 0.200. The van der Waals surface area contributed by atoms with Crippen LogP contribution in [0.4, 0.5) is 5.69 Å². The second kappa shape index (κ2) is 12.7. The van der Waals surface area contributed by atoms with Crippen molar-refractivity contribution in [3.05, 3.63) is 95.8 Å². The Balaban J connectivity index is 1.34. The highest BCUT2D eigenvalue weighted by Crippen LogP contribution is 2.34. The van der Waals surface area contributed by atoms with E-state index >= 15 is 0 Å². The topological polar surface area (TPSA) is 72.3 Å². The minimum atomic E-state index is -0.200. The second-order valence-corrected chi connectivity index (χ2v) is 10.2. The van der Waals surface area contributed by atoms with Gasteiger partial charge in [0.2, 0.25) is 0 Å². The SMILES string of the molecule is CCCCOc1ccccc1C(=O)Nc1cccc2c3cccc(CN(C)CCc4cnn(CC)c4)c3nc-2c1. The number of amides is 1. The Labute approximate surface area is 236 Å². The summed E-state index contributed by atoms with van der Waals surface area (Å²) in [7, 11) is 2.14. The molecule has 206 valence electrons. The molecule has 1 N–H and O–H groups in total. The van der Waals surface area contributed by atoms with Crippen molar-refractivity contribution in [1.29, 1.82) is 0 Å². The van der Waals surface area contributed by atoms with E-state index in [0.717, 1.165) is 61.1 Å². The average Bonchev–Trinajstić information content (AvgIpc) is 3.51. The van der Waals surface area contributed by atoms with Crippen molar-refractivity contribution in [1.82, 2.24) is 19.7 Å². The van der Waals surface area contributed by atoms with Crippen LogP contribution in [0.5, 0.6) is 5.75 Å². The van der Waals surface area contributed by atoms with Crippen LogP contribution in [0.25, 0.3) is 22.2 Å². The van der Waals surface area contributed by atoms with E-state index in [-0.39, 0.29) is 5.91 Å². The summed E-state index contributed by atoms with van der Waals surface area (Å²) < 4.78 is 7.84. The van der Waals surface area contributed by atoms with Gasteiger partial charge in [-0.25, -0.2) is 4.98 Å². The van der Waals surface area contributed by atoms with E-state index in [1.807, 2.05) is 47.3 Å². The maximum atomic E-state index is 13.2. The normalized spacial score (nSPS) is 11.4. The predicted molar refractivity (Wildman–Crippen MR) is 161 cm³/mol. The summed E-state index contributed by atoms with van der Waals surface area (Å²) in [5.41, 5.74) is 6.57. The summed E-state index contributed by atoms with van der Waals surface area (Å²) in [6.45, 7) is 7.42. The molecule has 2 heterocycles. The molecule has 0 fully saturated rings. The number of aromatic nitrogens is 3. The van der Waals surface area contributed by atoms with E-state index in [2.05, 4.69) is 66.7 Å². The first kappa shape index (κ1) is 27.3. The molecule has 0 unspecified atom stereocenters. The third kappa shape index (κ3) is 6.32. The molecule has 0 saturated carbocycles. The van der Waals surface area contributed by atoms with Crippen LogP contribution >= 0.6 is 0 Å². The fourth-order valence-corrected chi connectivity index (χ4v) is 4.90. The maximum absolute atomic E-state index is 13.2. The maximum Gasteiger partial charge on any atom is 0.259 e. The number of nitrogens with one attached hydrogen (secondary N) is 1. The van der Waals surface area contributed by atoms with Gasteiger partial charge in [0.05, 0.1) is 29.6 Å². The largest absolute Gasteiger partial charge is 0.493 e. The number of carbonyl (C=O) groups is 1. The number of para-hydroxylation sites is 2. The molecule has 7 nitrogen and oxygen atoms in total. The van der Waals surface area contributed by atoms with Crippen molar-refractivity contribution < 1.29 is 9.53 Å². The van der Waals surface area contributed by atoms with Gasteiger partial charge in [0.25, 0.3) is 5.91 Å². The molecule has 1 aromatic heterocycles. The van der Waals surface area contributed by atoms with Gasteiger partial charge in [-0.1, -0.05) is 55.8 Å². The number of ether oxygens (including phenoxy) is 1. The van der Waals surface area contributed by atoms with Gasteiger partial charge in [-0.05, 0) is 62.2 Å². The molecule has 1 amide bonds. The summed E-state index contributed by atoms with van der Waals surface area (Å²) in [4.78, 5) is 20.6. The van der Waals surface area contributed by atoms with Crippen LogP contribution in [0.15, 0.2) is 79.1 Å². The highest BCUT2D eigenvalue weighted by atomic mass is 16.5. The Hall–Kier alpha value is -4.23. The van der Waals surface area contributed by atoms with Crippen LogP contribution in [-0.2, 0) is 19.5 Å². The number of hydrogen-bond donors (Lipinski definition) is 1. The third-order valence-electron chi connectivity index (χ3n) is 7.13. The molecule has 2 aliphatic rings. The van der Waals surface area contributed by atoms with Crippen molar-refractivity contribution in [3.8, 4) is 17.0 Å². The molecule has 7 heteroatoms. The van der Waals surface area contributed by atoms with E-state index in [0.29, 0.717) is 23.6 Å². The Bertz CT molecular complexity index is 1560. The molecule has 2 aromatic carbocycles. The lowest BCUT2D eigenvalue weighted by Gasteiger charge is -2.16. The van der Waals surface area contributed by atoms with Crippen molar-refractivity contribution >= 4 is 22.5 Å². The highest BCUT2D eigenvalue weighted by Gasteiger charge is 2.17. The van der Waals surface area contributed by atoms with Gasteiger partial charge in [0, 0.05) is 42.5 Å². The number of aryl methyl sites for hydroxylation is 1. The molecule has 0 spiro atoms. The number of anilines is 1. The quantitative estimate of drug-likeness (QED) is 0.181. The number of fused-ring (bicyclic) bond motifs is 3. The number of likely N-dealkylation sites (N-methyl/N-ethyl adjacent to an activating group) is 1. The first-order valence-electron chi connectivity index (χ1n) is 14.1. The lowest BCUT2D eigenvalue weighted by molar-refractivity contribution is 0.102. The van der Waals surface area contributed by atoms with Gasteiger partial charge < -0.3 is 15.0 Å². The molecule has 0 atom stereocenters. The number of unbranched alkanes of at least 4 members (excludes halogenated alkanes) is 1. The second-order valence-electron chi connectivity index (χ2n) is 10.2. The molecule has 0 saturated heterocycles. The van der Waals surface area contributed by atoms with Crippen LogP contribution < -0.4 is 10.1 Å². The first-order chi connectivity index (χ1) is 19.6. The summed E-state index contributed by atoms with van der Waals surface area (Å²) in [5.74, 6) is 0.401. The predicted octanol–water partition coefficient (Wildman–Crippen LogP) is 6.66. The van der Waals surface area contributed by atoms with E-state index in [1.165, 1.54) is 11.1 Å². The fourth-order valence-electron chi connectivity index (χ4n) is 4.90. The Kier molecular flexibility index (Phi) is 8.71. The number of benzene rings is 2. The first-order valence-corrected chi connectivity index (χ1v) is 14.1. The van der Waals surface area contributed by atoms with Gasteiger partial charge in [0.1, 0.15) is 5.75 Å². The number of hydrogen-bond acceptors (Lipinski definition) is 5. The minimum Gasteiger partial charge on any atom is -0.493 e. The number of carbonyl (C=O) groups excluding carboxylic acids is 1. The molecule has 0 bridgehead atoms. The zero-order valence-corrected chi connectivity index (χ0v) is 23.6. The molecular weight excluding hydrogens is 498 g/mol. The fraction of sp³-hybridized carbons (Fsp3) is 0.303. The molecule has 40 heavy (non-hydrogen) atoms. The van der Waals surface area contributed by atoms with Gasteiger partial charge in [-0.15, -0.1) is 0 Å². The summed E-state index contributed by atoms with van der Waals surface area (Å²) in [5, 5.41) is 8.56. The van der Waals surface area contributed by atoms with Crippen molar-refractivity contribution in [3.63, 3.8) is 0 Å². The lowest BCUT2D eigenvalue weighted by atomic mass is 10.1. The zero-order chi connectivity index (χ0) is 27.9. The average molecular weight is 536 g/mol. The van der Waals surface area contributed by atoms with Gasteiger partial charge in [-0.3, -0.25) is 9.48 Å². The van der Waals surface area contributed by atoms with E-state index < -0.39 is 0 Å². The molecule has 5 rings (SSSR count). The highest BCUT2D eigenvalue weighted by molar-refractivity contribution is 6.07. The van der Waals surface area contributed by atoms with E-state index in [4.69, 9.17) is 9.72 Å². The molecule has 3 aromatic rings. The van der Waals surface area contributed by atoms with Gasteiger partial charge in [0.15, 0.2) is 0 Å². The number of nitrogens with zero attached hydrogens (tertiary/aromatic N) is 4. The lowest BCUT2D eigenvalue weighted by Crippen LogP contribution is -2.20. The van der Waals surface area contributed by atoms with Crippen LogP contribution in [0, 0.1) is 0 Å². The van der Waals surface area contributed by atoms with Crippen LogP contribution in [0.3, 0.4) is 0 Å². The molecule has 1 aliphatic heterocycles. The Morgan fingerprint density at radius 2 is 1.90 bits per heavy atom. The van der Waals surface area contributed by atoms with Crippen molar-refractivity contribution in [2.45, 2.75) is 46.2 Å². The monoisotopic (exact) mass is 535 g/mol. The Morgan fingerprint density at radius 1 is 1.05 bits per heavy atom. The molecular formula is C33H37N5O2. The van der Waals surface area contributed by atoms with Gasteiger partial charge in [-0.2, -0.15) is 5.10 Å². The Morgan fingerprint density at radius 3 is 2.73 bits per heavy atom. The van der Waals surface area contributed by atoms with Crippen molar-refractivity contribution in [2.75, 3.05) is 25.5 Å². The van der Waals surface area contributed by atoms with E-state index in [1.54, 1.807) is 6.07 Å². The summed E-state index contributed by atoms with van der Waals surface area (Å²) >= 11 is 0. The zero-order valence-electron chi connectivity index (χ0n) is 23.6. The van der Waals surface area contributed by atoms with Crippen molar-refractivity contribution in [2.24, 2.45) is 0 Å². The van der Waals surface area contributed by atoms with Crippen LogP contribution in [0.2, 0.25) is 0 Å². The number of rotatable bonds is 12. The summed E-state index contributed by atoms with van der Waals surface area (Å²) in [6, 6.07) is 21.6. The molecule has 1 aliphatic carbocycles. The van der Waals surface area contributed by atoms with Crippen LogP contribution in [-0.4, -0.2) is 45.8 Å². The van der Waals surface area contributed by atoms with Gasteiger partial charge >= 0.3 is 0 Å². The summed E-state index contributed by atoms with van der Waals surface area (Å²) in [6.07, 6.45) is 7.01. The van der Waals surface area contributed by atoms with Crippen LogP contribution in [0.1, 0.15) is 48.2 Å². The smallest absolute Gasteiger partial charge is 0.259 e. The molecule has 0 radical (unpaired) electrons. The third-order valence-corrected chi connectivity index (χ3v) is 7.13. The van der Waals surface area contributed by atoms with E-state index in [9.17, 15) is 4.79 Å². The standard InChI is InChI=1S/C33H37N5O2/c1-4-6-19-40-31-16-8-7-13-29(31)33(39)35-26-12-10-14-27-28-15-9-11-25(32(28)36-30(27)20-26)23-37(3)18-17-24-21-34-38(5-2)22-24/h7-16,20-22H,4-6,17-19,23H2,1-3H3,(H,35,39).